The standard InChI is InChI=1S/C16H14F3N3S/c1-11(12-6-5-7-13(10-12)16(17,18)19)21-22-15(23)20-14-8-3-2-4-9-14/h2-10,21H,1H2,(H2,20,22,23). The quantitative estimate of drug-likeness (QED) is 0.578. The first-order valence-corrected chi connectivity index (χ1v) is 7.01. The smallest absolute Gasteiger partial charge is 0.331 e. The number of nitrogens with one attached hydrogen (secondary N) is 3. The van der Waals surface area contributed by atoms with Crippen molar-refractivity contribution in [2.75, 3.05) is 5.32 Å². The van der Waals surface area contributed by atoms with Crippen molar-refractivity contribution in [1.82, 2.24) is 10.9 Å². The van der Waals surface area contributed by atoms with E-state index < -0.39 is 11.7 Å². The van der Waals surface area contributed by atoms with Gasteiger partial charge in [0.15, 0.2) is 5.11 Å². The minimum absolute atomic E-state index is 0.268. The predicted octanol–water partition coefficient (Wildman–Crippen LogP) is 4.17. The van der Waals surface area contributed by atoms with E-state index in [1.54, 1.807) is 0 Å². The molecule has 0 unspecified atom stereocenters. The number of thiocarbonyl (C=S) groups is 1. The summed E-state index contributed by atoms with van der Waals surface area (Å²) in [5, 5.41) is 3.19. The first-order valence-electron chi connectivity index (χ1n) is 6.61. The van der Waals surface area contributed by atoms with Crippen LogP contribution in [0, 0.1) is 0 Å². The van der Waals surface area contributed by atoms with Gasteiger partial charge in [-0.1, -0.05) is 36.9 Å². The molecule has 0 aliphatic carbocycles. The normalized spacial score (nSPS) is 10.7. The van der Waals surface area contributed by atoms with Crippen molar-refractivity contribution in [1.29, 1.82) is 0 Å². The molecule has 7 heteroatoms. The number of hydrogen-bond donors (Lipinski definition) is 3. The number of hydrazine groups is 1. The molecule has 3 N–H and O–H groups in total. The maximum absolute atomic E-state index is 12.7. The highest BCUT2D eigenvalue weighted by atomic mass is 32.1. The van der Waals surface area contributed by atoms with Gasteiger partial charge in [0.2, 0.25) is 0 Å². The highest BCUT2D eigenvalue weighted by Crippen LogP contribution is 2.30. The molecule has 0 aliphatic heterocycles. The molecule has 0 bridgehead atoms. The molecule has 0 atom stereocenters. The Balaban J connectivity index is 1.93. The van der Waals surface area contributed by atoms with Crippen LogP contribution in [0.1, 0.15) is 11.1 Å². The van der Waals surface area contributed by atoms with Gasteiger partial charge in [-0.2, -0.15) is 13.2 Å². The van der Waals surface area contributed by atoms with Gasteiger partial charge in [0.25, 0.3) is 0 Å². The largest absolute Gasteiger partial charge is 0.416 e. The third kappa shape index (κ3) is 5.00. The van der Waals surface area contributed by atoms with Gasteiger partial charge in [-0.3, -0.25) is 10.9 Å². The SMILES string of the molecule is C=C(NNC(=S)Nc1ccccc1)c1cccc(C(F)(F)F)c1. The summed E-state index contributed by atoms with van der Waals surface area (Å²) in [6, 6.07) is 14.1. The zero-order chi connectivity index (χ0) is 16.9. The lowest BCUT2D eigenvalue weighted by Gasteiger charge is -2.15. The lowest BCUT2D eigenvalue weighted by Crippen LogP contribution is -2.38. The van der Waals surface area contributed by atoms with E-state index in [1.807, 2.05) is 30.3 Å². The number of benzene rings is 2. The minimum Gasteiger partial charge on any atom is -0.331 e. The third-order valence-corrected chi connectivity index (χ3v) is 3.10. The fourth-order valence-electron chi connectivity index (χ4n) is 1.77. The minimum atomic E-state index is -4.39. The van der Waals surface area contributed by atoms with Gasteiger partial charge in [0.05, 0.1) is 11.3 Å². The molecule has 2 aromatic rings. The van der Waals surface area contributed by atoms with Gasteiger partial charge in [-0.15, -0.1) is 0 Å². The molecule has 23 heavy (non-hydrogen) atoms. The molecule has 0 radical (unpaired) electrons. The van der Waals surface area contributed by atoms with E-state index in [4.69, 9.17) is 12.2 Å². The zero-order valence-corrected chi connectivity index (χ0v) is 12.8. The summed E-state index contributed by atoms with van der Waals surface area (Å²) >= 11 is 5.08. The zero-order valence-electron chi connectivity index (χ0n) is 11.9. The average molecular weight is 337 g/mol. The molecule has 120 valence electrons. The van der Waals surface area contributed by atoms with Crippen LogP contribution in [0.4, 0.5) is 18.9 Å². The Hall–Kier alpha value is -2.54. The monoisotopic (exact) mass is 337 g/mol. The molecule has 0 spiro atoms. The Morgan fingerprint density at radius 3 is 2.30 bits per heavy atom. The first kappa shape index (κ1) is 16.8. The van der Waals surface area contributed by atoms with Crippen LogP contribution >= 0.6 is 12.2 Å². The number of alkyl halides is 3. The van der Waals surface area contributed by atoms with Crippen molar-refractivity contribution < 1.29 is 13.2 Å². The number of halogens is 3. The molecule has 0 fully saturated rings. The molecule has 0 heterocycles. The Morgan fingerprint density at radius 2 is 1.65 bits per heavy atom. The maximum atomic E-state index is 12.7. The number of rotatable bonds is 4. The van der Waals surface area contributed by atoms with Gasteiger partial charge < -0.3 is 5.32 Å². The van der Waals surface area contributed by atoms with Crippen LogP contribution in [-0.2, 0) is 6.18 Å². The summed E-state index contributed by atoms with van der Waals surface area (Å²) in [4.78, 5) is 0. The van der Waals surface area contributed by atoms with E-state index in [2.05, 4.69) is 22.7 Å². The number of hydrogen-bond acceptors (Lipinski definition) is 2. The fourth-order valence-corrected chi connectivity index (χ4v) is 1.94. The van der Waals surface area contributed by atoms with Crippen LogP contribution in [-0.4, -0.2) is 5.11 Å². The van der Waals surface area contributed by atoms with Gasteiger partial charge in [0.1, 0.15) is 0 Å². The van der Waals surface area contributed by atoms with Crippen molar-refractivity contribution >= 4 is 28.7 Å². The molecule has 0 aromatic heterocycles. The highest BCUT2D eigenvalue weighted by molar-refractivity contribution is 7.80. The average Bonchev–Trinajstić information content (AvgIpc) is 2.53. The van der Waals surface area contributed by atoms with Gasteiger partial charge >= 0.3 is 6.18 Å². The summed E-state index contributed by atoms with van der Waals surface area (Å²) in [5.41, 5.74) is 6.00. The molecule has 0 aliphatic rings. The molecule has 0 saturated carbocycles. The third-order valence-electron chi connectivity index (χ3n) is 2.90. The van der Waals surface area contributed by atoms with E-state index in [-0.39, 0.29) is 10.8 Å². The lowest BCUT2D eigenvalue weighted by atomic mass is 10.1. The van der Waals surface area contributed by atoms with Crippen LogP contribution in [0.5, 0.6) is 0 Å². The second-order valence-corrected chi connectivity index (χ2v) is 5.04. The fraction of sp³-hybridized carbons (Fsp3) is 0.0625. The summed E-state index contributed by atoms with van der Waals surface area (Å²) in [6.45, 7) is 3.70. The van der Waals surface area contributed by atoms with Crippen molar-refractivity contribution in [2.45, 2.75) is 6.18 Å². The summed E-state index contributed by atoms with van der Waals surface area (Å²) in [6.07, 6.45) is -4.39. The summed E-state index contributed by atoms with van der Waals surface area (Å²) in [7, 11) is 0. The Kier molecular flexibility index (Phi) is 5.23. The van der Waals surface area contributed by atoms with Gasteiger partial charge in [0, 0.05) is 5.69 Å². The lowest BCUT2D eigenvalue weighted by molar-refractivity contribution is -0.137. The summed E-state index contributed by atoms with van der Waals surface area (Å²) < 4.78 is 38.1. The highest BCUT2D eigenvalue weighted by Gasteiger charge is 2.30. The van der Waals surface area contributed by atoms with Crippen molar-refractivity contribution in [3.63, 3.8) is 0 Å². The van der Waals surface area contributed by atoms with Gasteiger partial charge in [-0.25, -0.2) is 0 Å². The maximum Gasteiger partial charge on any atom is 0.416 e. The van der Waals surface area contributed by atoms with E-state index in [9.17, 15) is 13.2 Å². The number of anilines is 1. The molecular formula is C16H14F3N3S. The molecule has 0 amide bonds. The second-order valence-electron chi connectivity index (χ2n) is 4.63. The van der Waals surface area contributed by atoms with Crippen molar-refractivity contribution in [2.24, 2.45) is 0 Å². The van der Waals surface area contributed by atoms with Crippen LogP contribution in [0.2, 0.25) is 0 Å². The molecule has 3 nitrogen and oxygen atoms in total. The topological polar surface area (TPSA) is 36.1 Å². The van der Waals surface area contributed by atoms with E-state index in [1.165, 1.54) is 12.1 Å². The van der Waals surface area contributed by atoms with Crippen LogP contribution in [0.25, 0.3) is 5.70 Å². The van der Waals surface area contributed by atoms with Crippen molar-refractivity contribution in [3.8, 4) is 0 Å². The number of para-hydroxylation sites is 1. The van der Waals surface area contributed by atoms with Gasteiger partial charge in [-0.05, 0) is 42.0 Å². The summed E-state index contributed by atoms with van der Waals surface area (Å²) in [5.74, 6) is 0. The molecular weight excluding hydrogens is 323 g/mol. The van der Waals surface area contributed by atoms with E-state index in [0.29, 0.717) is 5.56 Å². The van der Waals surface area contributed by atoms with Crippen molar-refractivity contribution in [3.05, 3.63) is 72.3 Å². The van der Waals surface area contributed by atoms with E-state index >= 15 is 0 Å². The molecule has 2 aromatic carbocycles. The Morgan fingerprint density at radius 1 is 0.957 bits per heavy atom. The predicted molar refractivity (Wildman–Crippen MR) is 89.4 cm³/mol. The Labute approximate surface area is 137 Å². The first-order chi connectivity index (χ1) is 10.9. The molecule has 0 saturated heterocycles. The molecule has 2 rings (SSSR count). The van der Waals surface area contributed by atoms with Crippen LogP contribution < -0.4 is 16.2 Å². The Bertz CT molecular complexity index is 699. The second kappa shape index (κ2) is 7.15. The van der Waals surface area contributed by atoms with E-state index in [0.717, 1.165) is 17.8 Å². The van der Waals surface area contributed by atoms with Crippen LogP contribution in [0.3, 0.4) is 0 Å². The van der Waals surface area contributed by atoms with Crippen LogP contribution in [0.15, 0.2) is 61.2 Å².